The van der Waals surface area contributed by atoms with Crippen molar-refractivity contribution in [2.45, 2.75) is 64.2 Å². The number of carbonyl (C=O) groups is 1. The summed E-state index contributed by atoms with van der Waals surface area (Å²) in [5.74, 6) is 1.40. The Kier molecular flexibility index (Phi) is 6.96. The SMILES string of the molecule is CCCCCC1CCC(c2ccc(C(=O)c3ccc([N+](=O)[O-])cc3)cc2)CC1. The van der Waals surface area contributed by atoms with Crippen molar-refractivity contribution >= 4 is 11.5 Å². The summed E-state index contributed by atoms with van der Waals surface area (Å²) >= 11 is 0. The zero-order chi connectivity index (χ0) is 19.9. The molecule has 28 heavy (non-hydrogen) atoms. The summed E-state index contributed by atoms with van der Waals surface area (Å²) in [4.78, 5) is 22.9. The number of benzene rings is 2. The minimum atomic E-state index is -0.457. The van der Waals surface area contributed by atoms with Crippen molar-refractivity contribution in [3.8, 4) is 0 Å². The van der Waals surface area contributed by atoms with Crippen LogP contribution in [0.3, 0.4) is 0 Å². The summed E-state index contributed by atoms with van der Waals surface area (Å²) in [6.07, 6.45) is 10.5. The van der Waals surface area contributed by atoms with E-state index in [-0.39, 0.29) is 11.5 Å². The van der Waals surface area contributed by atoms with Crippen LogP contribution in [0.1, 0.15) is 85.7 Å². The lowest BCUT2D eigenvalue weighted by Gasteiger charge is -2.29. The zero-order valence-corrected chi connectivity index (χ0v) is 16.6. The third kappa shape index (κ3) is 5.06. The molecular formula is C24H29NO3. The molecule has 0 saturated heterocycles. The molecule has 0 aromatic heterocycles. The Morgan fingerprint density at radius 1 is 0.929 bits per heavy atom. The number of nitrogens with zero attached hydrogens (tertiary/aromatic N) is 1. The molecule has 0 spiro atoms. The smallest absolute Gasteiger partial charge is 0.269 e. The monoisotopic (exact) mass is 379 g/mol. The maximum atomic E-state index is 12.6. The van der Waals surface area contributed by atoms with Crippen LogP contribution in [-0.2, 0) is 0 Å². The van der Waals surface area contributed by atoms with E-state index in [0.717, 1.165) is 5.92 Å². The van der Waals surface area contributed by atoms with Crippen molar-refractivity contribution in [3.63, 3.8) is 0 Å². The molecule has 1 fully saturated rings. The Morgan fingerprint density at radius 2 is 1.50 bits per heavy atom. The minimum absolute atomic E-state index is 0.00260. The van der Waals surface area contributed by atoms with Gasteiger partial charge in [0.15, 0.2) is 5.78 Å². The van der Waals surface area contributed by atoms with Crippen molar-refractivity contribution in [1.82, 2.24) is 0 Å². The Balaban J connectivity index is 1.58. The molecule has 0 heterocycles. The topological polar surface area (TPSA) is 60.2 Å². The molecule has 4 heteroatoms. The van der Waals surface area contributed by atoms with Gasteiger partial charge in [0.05, 0.1) is 4.92 Å². The first kappa shape index (κ1) is 20.2. The molecular weight excluding hydrogens is 350 g/mol. The van der Waals surface area contributed by atoms with Gasteiger partial charge in [0.2, 0.25) is 0 Å². The van der Waals surface area contributed by atoms with Crippen molar-refractivity contribution < 1.29 is 9.72 Å². The Hall–Kier alpha value is -2.49. The van der Waals surface area contributed by atoms with E-state index < -0.39 is 4.92 Å². The van der Waals surface area contributed by atoms with Crippen LogP contribution in [0.15, 0.2) is 48.5 Å². The fraction of sp³-hybridized carbons (Fsp3) is 0.458. The van der Waals surface area contributed by atoms with Gasteiger partial charge in [0.25, 0.3) is 5.69 Å². The van der Waals surface area contributed by atoms with Crippen LogP contribution >= 0.6 is 0 Å². The molecule has 2 aromatic carbocycles. The van der Waals surface area contributed by atoms with Crippen molar-refractivity contribution in [1.29, 1.82) is 0 Å². The van der Waals surface area contributed by atoms with E-state index in [1.165, 1.54) is 81.2 Å². The fourth-order valence-electron chi connectivity index (χ4n) is 4.28. The molecule has 0 bridgehead atoms. The van der Waals surface area contributed by atoms with E-state index in [9.17, 15) is 14.9 Å². The standard InChI is InChI=1S/C24H29NO3/c1-2-3-4-5-18-6-8-19(9-7-18)20-10-12-21(13-11-20)24(26)22-14-16-23(17-15-22)25(27)28/h10-19H,2-9H2,1H3. The largest absolute Gasteiger partial charge is 0.289 e. The van der Waals surface area contributed by atoms with Gasteiger partial charge in [-0.15, -0.1) is 0 Å². The summed E-state index contributed by atoms with van der Waals surface area (Å²) in [6.45, 7) is 2.26. The second-order valence-corrected chi connectivity index (χ2v) is 7.97. The number of hydrogen-bond donors (Lipinski definition) is 0. The second-order valence-electron chi connectivity index (χ2n) is 7.97. The lowest BCUT2D eigenvalue weighted by Crippen LogP contribution is -2.13. The van der Waals surface area contributed by atoms with E-state index in [1.54, 1.807) is 0 Å². The third-order valence-electron chi connectivity index (χ3n) is 6.05. The van der Waals surface area contributed by atoms with Gasteiger partial charge in [-0.1, -0.05) is 56.9 Å². The molecule has 1 aliphatic carbocycles. The first-order chi connectivity index (χ1) is 13.6. The molecule has 0 unspecified atom stereocenters. The van der Waals surface area contributed by atoms with Crippen molar-refractivity contribution in [3.05, 3.63) is 75.3 Å². The predicted octanol–water partition coefficient (Wildman–Crippen LogP) is 6.68. The normalized spacial score (nSPS) is 19.3. The van der Waals surface area contributed by atoms with Gasteiger partial charge in [-0.25, -0.2) is 0 Å². The van der Waals surface area contributed by atoms with Crippen LogP contribution in [0.25, 0.3) is 0 Å². The summed E-state index contributed by atoms with van der Waals surface area (Å²) in [5.41, 5.74) is 2.43. The van der Waals surface area contributed by atoms with Crippen LogP contribution in [0, 0.1) is 16.0 Å². The highest BCUT2D eigenvalue weighted by Gasteiger charge is 2.22. The quantitative estimate of drug-likeness (QED) is 0.222. The molecule has 1 saturated carbocycles. The van der Waals surface area contributed by atoms with Gasteiger partial charge in [-0.3, -0.25) is 14.9 Å². The highest BCUT2D eigenvalue weighted by molar-refractivity contribution is 6.09. The second kappa shape index (κ2) is 9.63. The highest BCUT2D eigenvalue weighted by atomic mass is 16.6. The predicted molar refractivity (Wildman–Crippen MR) is 112 cm³/mol. The van der Waals surface area contributed by atoms with Crippen LogP contribution in [0.4, 0.5) is 5.69 Å². The van der Waals surface area contributed by atoms with E-state index in [2.05, 4.69) is 19.1 Å². The third-order valence-corrected chi connectivity index (χ3v) is 6.05. The number of non-ortho nitro benzene ring substituents is 1. The Bertz CT molecular complexity index is 788. The van der Waals surface area contributed by atoms with Crippen LogP contribution in [-0.4, -0.2) is 10.7 Å². The number of hydrogen-bond acceptors (Lipinski definition) is 3. The van der Waals surface area contributed by atoms with Gasteiger partial charge in [0, 0.05) is 23.3 Å². The van der Waals surface area contributed by atoms with Gasteiger partial charge in [-0.2, -0.15) is 0 Å². The number of nitro groups is 1. The van der Waals surface area contributed by atoms with E-state index >= 15 is 0 Å². The molecule has 0 aliphatic heterocycles. The molecule has 0 atom stereocenters. The molecule has 3 rings (SSSR count). The summed E-state index contributed by atoms with van der Waals surface area (Å²) < 4.78 is 0. The molecule has 1 aliphatic rings. The molecule has 0 amide bonds. The summed E-state index contributed by atoms with van der Waals surface area (Å²) in [6, 6.07) is 13.8. The molecule has 4 nitrogen and oxygen atoms in total. The highest BCUT2D eigenvalue weighted by Crippen LogP contribution is 2.37. The van der Waals surface area contributed by atoms with E-state index in [0.29, 0.717) is 17.0 Å². The maximum absolute atomic E-state index is 12.6. The average molecular weight is 380 g/mol. The molecule has 0 radical (unpaired) electrons. The maximum Gasteiger partial charge on any atom is 0.269 e. The fourth-order valence-corrected chi connectivity index (χ4v) is 4.28. The lowest BCUT2D eigenvalue weighted by atomic mass is 9.77. The van der Waals surface area contributed by atoms with Gasteiger partial charge < -0.3 is 0 Å². The first-order valence-electron chi connectivity index (χ1n) is 10.5. The number of rotatable bonds is 8. The Labute approximate surface area is 167 Å². The van der Waals surface area contributed by atoms with Gasteiger partial charge in [0.1, 0.15) is 0 Å². The van der Waals surface area contributed by atoms with Crippen LogP contribution in [0.2, 0.25) is 0 Å². The van der Waals surface area contributed by atoms with Crippen molar-refractivity contribution in [2.75, 3.05) is 0 Å². The first-order valence-corrected chi connectivity index (χ1v) is 10.5. The lowest BCUT2D eigenvalue weighted by molar-refractivity contribution is -0.384. The van der Waals surface area contributed by atoms with Crippen molar-refractivity contribution in [2.24, 2.45) is 5.92 Å². The van der Waals surface area contributed by atoms with Gasteiger partial charge in [-0.05, 0) is 55.2 Å². The van der Waals surface area contributed by atoms with Crippen LogP contribution < -0.4 is 0 Å². The molecule has 0 N–H and O–H groups in total. The number of ketones is 1. The van der Waals surface area contributed by atoms with Crippen LogP contribution in [0.5, 0.6) is 0 Å². The van der Waals surface area contributed by atoms with Gasteiger partial charge >= 0.3 is 0 Å². The average Bonchev–Trinajstić information content (AvgIpc) is 2.74. The summed E-state index contributed by atoms with van der Waals surface area (Å²) in [7, 11) is 0. The molecule has 2 aromatic rings. The zero-order valence-electron chi connectivity index (χ0n) is 16.6. The molecule has 148 valence electrons. The van der Waals surface area contributed by atoms with E-state index in [4.69, 9.17) is 0 Å². The van der Waals surface area contributed by atoms with E-state index in [1.807, 2.05) is 12.1 Å². The Morgan fingerprint density at radius 3 is 2.04 bits per heavy atom. The number of carbonyl (C=O) groups excluding carboxylic acids is 1. The number of nitro benzene ring substituents is 1. The number of unbranched alkanes of at least 4 members (excludes halogenated alkanes) is 2. The summed E-state index contributed by atoms with van der Waals surface area (Å²) in [5, 5.41) is 10.7. The minimum Gasteiger partial charge on any atom is -0.289 e.